The molecule has 2 heterocycles. The van der Waals surface area contributed by atoms with Crippen molar-refractivity contribution in [1.29, 1.82) is 0 Å². The van der Waals surface area contributed by atoms with Crippen LogP contribution in [0.3, 0.4) is 0 Å². The Morgan fingerprint density at radius 1 is 0.838 bits per heavy atom. The van der Waals surface area contributed by atoms with Crippen LogP contribution >= 0.6 is 0 Å². The average molecular weight is 493 g/mol. The summed E-state index contributed by atoms with van der Waals surface area (Å²) in [6, 6.07) is 27.0. The van der Waals surface area contributed by atoms with Crippen molar-refractivity contribution in [2.45, 2.75) is 6.92 Å². The maximum absolute atomic E-state index is 13.3. The standard InChI is InChI=1S/C29H24N4O4/c1-19-12-17-26(37-19)27-23(18-33(32-27)22-8-4-3-5-9-22)29(35)30-21-15-13-20(14-16-21)28(34)31-24-10-6-7-11-25(24)36-2/h3-18H,1-2H3,(H,30,35)(H,31,34). The quantitative estimate of drug-likeness (QED) is 0.292. The molecule has 0 fully saturated rings. The van der Waals surface area contributed by atoms with Crippen LogP contribution in [0.1, 0.15) is 26.5 Å². The van der Waals surface area contributed by atoms with Gasteiger partial charge < -0.3 is 19.8 Å². The van der Waals surface area contributed by atoms with Crippen molar-refractivity contribution in [2.24, 2.45) is 0 Å². The molecule has 8 heteroatoms. The number of aromatic nitrogens is 2. The molecule has 2 N–H and O–H groups in total. The number of benzene rings is 3. The zero-order chi connectivity index (χ0) is 25.8. The lowest BCUT2D eigenvalue weighted by Crippen LogP contribution is -2.14. The molecule has 0 bridgehead atoms. The molecule has 0 radical (unpaired) electrons. The predicted octanol–water partition coefficient (Wildman–Crippen LogP) is 5.95. The Kier molecular flexibility index (Phi) is 6.54. The Morgan fingerprint density at radius 3 is 2.27 bits per heavy atom. The normalized spacial score (nSPS) is 10.6. The first-order valence-corrected chi connectivity index (χ1v) is 11.6. The number of furan rings is 1. The summed E-state index contributed by atoms with van der Waals surface area (Å²) in [6.07, 6.45) is 1.67. The van der Waals surface area contributed by atoms with Crippen molar-refractivity contribution >= 4 is 23.2 Å². The van der Waals surface area contributed by atoms with Crippen LogP contribution in [0.15, 0.2) is 102 Å². The molecule has 5 rings (SSSR count). The van der Waals surface area contributed by atoms with E-state index in [4.69, 9.17) is 9.15 Å². The van der Waals surface area contributed by atoms with Crippen molar-refractivity contribution in [1.82, 2.24) is 9.78 Å². The molecular weight excluding hydrogens is 468 g/mol. The number of anilines is 2. The Balaban J connectivity index is 1.36. The van der Waals surface area contributed by atoms with E-state index in [1.54, 1.807) is 60.5 Å². The molecule has 2 aromatic heterocycles. The van der Waals surface area contributed by atoms with Gasteiger partial charge in [0.2, 0.25) is 0 Å². The van der Waals surface area contributed by atoms with Crippen molar-refractivity contribution in [3.63, 3.8) is 0 Å². The molecule has 8 nitrogen and oxygen atoms in total. The van der Waals surface area contributed by atoms with Gasteiger partial charge in [0.05, 0.1) is 24.0 Å². The summed E-state index contributed by atoms with van der Waals surface area (Å²) in [7, 11) is 1.55. The van der Waals surface area contributed by atoms with Crippen LogP contribution in [0, 0.1) is 6.92 Å². The van der Waals surface area contributed by atoms with Crippen LogP contribution in [0.4, 0.5) is 11.4 Å². The summed E-state index contributed by atoms with van der Waals surface area (Å²) < 4.78 is 12.7. The number of hydrogen-bond acceptors (Lipinski definition) is 5. The number of aryl methyl sites for hydroxylation is 1. The maximum Gasteiger partial charge on any atom is 0.259 e. The highest BCUT2D eigenvalue weighted by Crippen LogP contribution is 2.27. The highest BCUT2D eigenvalue weighted by molar-refractivity contribution is 6.08. The van der Waals surface area contributed by atoms with Crippen LogP contribution in [-0.4, -0.2) is 28.7 Å². The highest BCUT2D eigenvalue weighted by Gasteiger charge is 2.21. The van der Waals surface area contributed by atoms with Gasteiger partial charge in [-0.05, 0) is 67.6 Å². The van der Waals surface area contributed by atoms with E-state index < -0.39 is 0 Å². The molecule has 0 spiro atoms. The summed E-state index contributed by atoms with van der Waals surface area (Å²) in [4.78, 5) is 26.0. The minimum atomic E-state index is -0.350. The summed E-state index contributed by atoms with van der Waals surface area (Å²) in [6.45, 7) is 1.84. The molecule has 0 atom stereocenters. The van der Waals surface area contributed by atoms with Gasteiger partial charge in [0.15, 0.2) is 5.76 Å². The van der Waals surface area contributed by atoms with Gasteiger partial charge in [0.25, 0.3) is 11.8 Å². The van der Waals surface area contributed by atoms with Crippen LogP contribution < -0.4 is 15.4 Å². The molecule has 0 aliphatic carbocycles. The molecule has 3 aromatic carbocycles. The lowest BCUT2D eigenvalue weighted by Gasteiger charge is -2.10. The number of amides is 2. The largest absolute Gasteiger partial charge is 0.495 e. The van der Waals surface area contributed by atoms with Crippen LogP contribution in [0.2, 0.25) is 0 Å². The molecule has 0 aliphatic rings. The smallest absolute Gasteiger partial charge is 0.259 e. The molecule has 0 saturated heterocycles. The Morgan fingerprint density at radius 2 is 1.57 bits per heavy atom. The molecule has 5 aromatic rings. The second kappa shape index (κ2) is 10.2. The minimum Gasteiger partial charge on any atom is -0.495 e. The number of nitrogens with one attached hydrogen (secondary N) is 2. The molecule has 184 valence electrons. The third-order valence-electron chi connectivity index (χ3n) is 5.71. The summed E-state index contributed by atoms with van der Waals surface area (Å²) in [5.74, 6) is 1.15. The fourth-order valence-corrected chi connectivity index (χ4v) is 3.84. The first-order valence-electron chi connectivity index (χ1n) is 11.6. The van der Waals surface area contributed by atoms with Crippen molar-refractivity contribution in [3.8, 4) is 22.9 Å². The fourth-order valence-electron chi connectivity index (χ4n) is 3.84. The van der Waals surface area contributed by atoms with E-state index in [9.17, 15) is 9.59 Å². The summed E-state index contributed by atoms with van der Waals surface area (Å²) >= 11 is 0. The lowest BCUT2D eigenvalue weighted by molar-refractivity contribution is 0.102. The Labute approximate surface area is 213 Å². The van der Waals surface area contributed by atoms with Crippen molar-refractivity contribution in [3.05, 3.63) is 114 Å². The van der Waals surface area contributed by atoms with E-state index in [0.717, 1.165) is 11.4 Å². The summed E-state index contributed by atoms with van der Waals surface area (Å²) in [5, 5.41) is 10.3. The van der Waals surface area contributed by atoms with E-state index in [1.807, 2.05) is 55.5 Å². The molecule has 2 amide bonds. The van der Waals surface area contributed by atoms with Gasteiger partial charge >= 0.3 is 0 Å². The predicted molar refractivity (Wildman–Crippen MR) is 141 cm³/mol. The topological polar surface area (TPSA) is 98.4 Å². The third kappa shape index (κ3) is 5.13. The number of ether oxygens (including phenoxy) is 1. The molecular formula is C29H24N4O4. The number of nitrogens with zero attached hydrogens (tertiary/aromatic N) is 2. The van der Waals surface area contributed by atoms with E-state index >= 15 is 0 Å². The minimum absolute atomic E-state index is 0.290. The van der Waals surface area contributed by atoms with Crippen molar-refractivity contribution < 1.29 is 18.7 Å². The maximum atomic E-state index is 13.3. The monoisotopic (exact) mass is 492 g/mol. The zero-order valence-corrected chi connectivity index (χ0v) is 20.3. The van der Waals surface area contributed by atoms with Crippen LogP contribution in [-0.2, 0) is 0 Å². The van der Waals surface area contributed by atoms with E-state index in [1.165, 1.54) is 0 Å². The van der Waals surface area contributed by atoms with Crippen LogP contribution in [0.25, 0.3) is 17.1 Å². The van der Waals surface area contributed by atoms with Gasteiger partial charge in [-0.1, -0.05) is 30.3 Å². The number of rotatable bonds is 7. The fraction of sp³-hybridized carbons (Fsp3) is 0.0690. The number of carbonyl (C=O) groups is 2. The van der Waals surface area contributed by atoms with E-state index in [-0.39, 0.29) is 11.8 Å². The van der Waals surface area contributed by atoms with Gasteiger partial charge in [-0.15, -0.1) is 0 Å². The first kappa shape index (κ1) is 23.6. The lowest BCUT2D eigenvalue weighted by atomic mass is 10.1. The summed E-state index contributed by atoms with van der Waals surface area (Å²) in [5.41, 5.74) is 3.15. The second-order valence-corrected chi connectivity index (χ2v) is 8.27. The van der Waals surface area contributed by atoms with E-state index in [0.29, 0.717) is 39.7 Å². The molecule has 0 saturated carbocycles. The number of carbonyl (C=O) groups excluding carboxylic acids is 2. The van der Waals surface area contributed by atoms with Gasteiger partial charge in [-0.2, -0.15) is 5.10 Å². The molecule has 37 heavy (non-hydrogen) atoms. The number of para-hydroxylation sites is 3. The molecule has 0 aliphatic heterocycles. The zero-order valence-electron chi connectivity index (χ0n) is 20.3. The van der Waals surface area contributed by atoms with Gasteiger partial charge in [-0.3, -0.25) is 9.59 Å². The molecule has 0 unspecified atom stereocenters. The van der Waals surface area contributed by atoms with Gasteiger partial charge in [-0.25, -0.2) is 4.68 Å². The van der Waals surface area contributed by atoms with Crippen molar-refractivity contribution in [2.75, 3.05) is 17.7 Å². The number of methoxy groups -OCH3 is 1. The highest BCUT2D eigenvalue weighted by atomic mass is 16.5. The van der Waals surface area contributed by atoms with E-state index in [2.05, 4.69) is 15.7 Å². The average Bonchev–Trinajstić information content (AvgIpc) is 3.56. The third-order valence-corrected chi connectivity index (χ3v) is 5.71. The van der Waals surface area contributed by atoms with Gasteiger partial charge in [0.1, 0.15) is 17.2 Å². The van der Waals surface area contributed by atoms with Crippen LogP contribution in [0.5, 0.6) is 5.75 Å². The first-order chi connectivity index (χ1) is 18.0. The SMILES string of the molecule is COc1ccccc1NC(=O)c1ccc(NC(=O)c2cn(-c3ccccc3)nc2-c2ccc(C)o2)cc1. The van der Waals surface area contributed by atoms with Gasteiger partial charge in [0, 0.05) is 17.4 Å². The Bertz CT molecular complexity index is 1550. The Hall–Kier alpha value is -5.11. The number of hydrogen-bond donors (Lipinski definition) is 2. The second-order valence-electron chi connectivity index (χ2n) is 8.27.